The normalized spacial score (nSPS) is 15.5. The molecule has 0 saturated heterocycles. The van der Waals surface area contributed by atoms with Crippen LogP contribution in [-0.4, -0.2) is 38.1 Å². The lowest BCUT2D eigenvalue weighted by molar-refractivity contribution is 0.257. The van der Waals surface area contributed by atoms with Gasteiger partial charge in [-0.3, -0.25) is 4.72 Å². The summed E-state index contributed by atoms with van der Waals surface area (Å²) >= 11 is 1.27. The van der Waals surface area contributed by atoms with Gasteiger partial charge in [0.1, 0.15) is 0 Å². The van der Waals surface area contributed by atoms with Crippen LogP contribution in [0.25, 0.3) is 0 Å². The molecule has 0 saturated carbocycles. The number of urea groups is 1. The summed E-state index contributed by atoms with van der Waals surface area (Å²) in [6.45, 7) is 1.92. The molecule has 2 aliphatic carbocycles. The number of amides is 2. The van der Waals surface area contributed by atoms with Crippen LogP contribution in [0.2, 0.25) is 0 Å². The van der Waals surface area contributed by atoms with Crippen molar-refractivity contribution in [1.82, 2.24) is 14.3 Å². The van der Waals surface area contributed by atoms with Gasteiger partial charge in [-0.05, 0) is 87.8 Å². The number of benzene rings is 1. The number of hydrogen-bond donors (Lipinski definition) is 3. The van der Waals surface area contributed by atoms with Crippen LogP contribution in [-0.2, 0) is 25.7 Å². The van der Waals surface area contributed by atoms with Gasteiger partial charge in [-0.1, -0.05) is 6.07 Å². The van der Waals surface area contributed by atoms with Crippen LogP contribution in [0.1, 0.15) is 41.5 Å². The van der Waals surface area contributed by atoms with E-state index in [2.05, 4.69) is 39.8 Å². The Morgan fingerprint density at radius 1 is 1.12 bits per heavy atom. The highest BCUT2D eigenvalue weighted by atomic mass is 32.2. The Hall–Kier alpha value is -1.24. The molecular formula is C18H28N4OS. The number of rotatable bonds is 7. The molecule has 5 nitrogen and oxygen atoms in total. The lowest BCUT2D eigenvalue weighted by atomic mass is 9.99. The third-order valence-electron chi connectivity index (χ3n) is 4.81. The van der Waals surface area contributed by atoms with E-state index in [0.717, 1.165) is 50.9 Å². The summed E-state index contributed by atoms with van der Waals surface area (Å²) in [6.07, 6.45) is 7.96. The minimum atomic E-state index is -0.130. The Bertz CT molecular complexity index is 571. The topological polar surface area (TPSA) is 56.4 Å². The molecule has 0 spiro atoms. The lowest BCUT2D eigenvalue weighted by Crippen LogP contribution is -2.28. The molecule has 0 fully saturated rings. The van der Waals surface area contributed by atoms with Crippen molar-refractivity contribution in [3.63, 3.8) is 0 Å². The number of fused-ring (bicyclic) bond motifs is 2. The molecule has 6 heteroatoms. The van der Waals surface area contributed by atoms with Gasteiger partial charge in [-0.25, -0.2) is 9.52 Å². The summed E-state index contributed by atoms with van der Waals surface area (Å²) < 4.78 is 6.02. The highest BCUT2D eigenvalue weighted by Crippen LogP contribution is 2.38. The molecule has 1 aromatic rings. The molecule has 3 N–H and O–H groups in total. The van der Waals surface area contributed by atoms with Crippen LogP contribution in [0.4, 0.5) is 10.5 Å². The van der Waals surface area contributed by atoms with E-state index in [1.54, 1.807) is 0 Å². The summed E-state index contributed by atoms with van der Waals surface area (Å²) in [6, 6.07) is 2.25. The van der Waals surface area contributed by atoms with Crippen LogP contribution in [0.5, 0.6) is 0 Å². The second kappa shape index (κ2) is 8.23. The number of hydrogen-bond acceptors (Lipinski definition) is 4. The Labute approximate surface area is 149 Å². The van der Waals surface area contributed by atoms with Gasteiger partial charge in [0.05, 0.1) is 0 Å². The zero-order chi connectivity index (χ0) is 16.9. The number of nitrogens with one attached hydrogen (secondary N) is 3. The molecule has 0 bridgehead atoms. The largest absolute Gasteiger partial charge is 0.330 e. The predicted octanol–water partition coefficient (Wildman–Crippen LogP) is 2.89. The third-order valence-corrected chi connectivity index (χ3v) is 5.45. The molecule has 0 aliphatic heterocycles. The summed E-state index contributed by atoms with van der Waals surface area (Å²) in [4.78, 5) is 14.4. The van der Waals surface area contributed by atoms with Crippen LogP contribution < -0.4 is 14.8 Å². The van der Waals surface area contributed by atoms with Crippen LogP contribution in [0.3, 0.4) is 0 Å². The monoisotopic (exact) mass is 348 g/mol. The molecule has 0 aromatic heterocycles. The van der Waals surface area contributed by atoms with E-state index >= 15 is 0 Å². The lowest BCUT2D eigenvalue weighted by Gasteiger charge is -2.16. The molecule has 0 atom stereocenters. The van der Waals surface area contributed by atoms with Gasteiger partial charge in [0.25, 0.3) is 0 Å². The van der Waals surface area contributed by atoms with Gasteiger partial charge in [0, 0.05) is 24.4 Å². The van der Waals surface area contributed by atoms with E-state index in [9.17, 15) is 4.79 Å². The first-order valence-electron chi connectivity index (χ1n) is 8.92. The maximum Gasteiger partial charge on any atom is 0.330 e. The molecule has 2 amide bonds. The molecule has 24 heavy (non-hydrogen) atoms. The van der Waals surface area contributed by atoms with E-state index in [1.807, 2.05) is 0 Å². The fourth-order valence-corrected chi connectivity index (χ4v) is 4.17. The summed E-state index contributed by atoms with van der Waals surface area (Å²) in [5, 5.41) is 3.13. The minimum Gasteiger partial charge on any atom is -0.309 e. The standard InChI is InChI=1S/C18H28N4OS/c1-22(2)11-5-10-19-24-21-18(23)20-17-15-8-3-6-13(15)12-14-7-4-9-16(14)17/h12,19H,3-11H2,1-2H3,(H2,20,21,23). The molecule has 3 rings (SSSR count). The molecule has 1 aromatic carbocycles. The molecular weight excluding hydrogens is 320 g/mol. The first-order chi connectivity index (χ1) is 11.6. The fraction of sp³-hybridized carbons (Fsp3) is 0.611. The maximum absolute atomic E-state index is 12.3. The smallest absolute Gasteiger partial charge is 0.309 e. The van der Waals surface area contributed by atoms with Gasteiger partial charge in [0.15, 0.2) is 0 Å². The number of nitrogens with zero attached hydrogens (tertiary/aromatic N) is 1. The van der Waals surface area contributed by atoms with Crippen LogP contribution >= 0.6 is 12.1 Å². The average Bonchev–Trinajstić information content (AvgIpc) is 3.18. The van der Waals surface area contributed by atoms with Crippen LogP contribution in [0.15, 0.2) is 6.07 Å². The maximum atomic E-state index is 12.3. The Morgan fingerprint density at radius 3 is 2.42 bits per heavy atom. The van der Waals surface area contributed by atoms with E-state index < -0.39 is 0 Å². The van der Waals surface area contributed by atoms with Crippen molar-refractivity contribution in [3.05, 3.63) is 28.3 Å². The molecule has 0 radical (unpaired) electrons. The van der Waals surface area contributed by atoms with Gasteiger partial charge in [0.2, 0.25) is 0 Å². The van der Waals surface area contributed by atoms with Crippen molar-refractivity contribution in [2.75, 3.05) is 32.5 Å². The number of aryl methyl sites for hydroxylation is 2. The SMILES string of the molecule is CN(C)CCCNSNC(=O)Nc1c2c(cc3c1CCC3)CCC2. The Morgan fingerprint density at radius 2 is 1.79 bits per heavy atom. The van der Waals surface area contributed by atoms with E-state index in [1.165, 1.54) is 47.2 Å². The highest BCUT2D eigenvalue weighted by molar-refractivity contribution is 7.96. The quantitative estimate of drug-likeness (QED) is 0.524. The van der Waals surface area contributed by atoms with Crippen molar-refractivity contribution in [3.8, 4) is 0 Å². The second-order valence-corrected chi connectivity index (χ2v) is 7.64. The number of anilines is 1. The summed E-state index contributed by atoms with van der Waals surface area (Å²) in [7, 11) is 4.13. The molecule has 2 aliphatic rings. The molecule has 0 unspecified atom stereocenters. The minimum absolute atomic E-state index is 0.130. The molecule has 0 heterocycles. The van der Waals surface area contributed by atoms with Gasteiger partial charge < -0.3 is 10.2 Å². The first-order valence-corrected chi connectivity index (χ1v) is 9.73. The van der Waals surface area contributed by atoms with Gasteiger partial charge in [-0.15, -0.1) is 0 Å². The van der Waals surface area contributed by atoms with Gasteiger partial charge >= 0.3 is 6.03 Å². The van der Waals surface area contributed by atoms with Crippen molar-refractivity contribution in [1.29, 1.82) is 0 Å². The van der Waals surface area contributed by atoms with Crippen molar-refractivity contribution < 1.29 is 4.79 Å². The van der Waals surface area contributed by atoms with Crippen molar-refractivity contribution in [2.24, 2.45) is 0 Å². The zero-order valence-corrected chi connectivity index (χ0v) is 15.5. The Kier molecular flexibility index (Phi) is 6.03. The van der Waals surface area contributed by atoms with Crippen molar-refractivity contribution in [2.45, 2.75) is 44.9 Å². The highest BCUT2D eigenvalue weighted by Gasteiger charge is 2.24. The number of carbonyl (C=O) groups excluding carboxylic acids is 1. The number of carbonyl (C=O) groups is 1. The van der Waals surface area contributed by atoms with E-state index in [4.69, 9.17) is 0 Å². The first kappa shape index (κ1) is 17.6. The Balaban J connectivity index is 1.52. The second-order valence-electron chi connectivity index (χ2n) is 6.94. The van der Waals surface area contributed by atoms with E-state index in [-0.39, 0.29) is 6.03 Å². The zero-order valence-electron chi connectivity index (χ0n) is 14.7. The average molecular weight is 349 g/mol. The van der Waals surface area contributed by atoms with Crippen LogP contribution in [0, 0.1) is 0 Å². The van der Waals surface area contributed by atoms with E-state index in [0.29, 0.717) is 0 Å². The summed E-state index contributed by atoms with van der Waals surface area (Å²) in [5.41, 5.74) is 6.73. The predicted molar refractivity (Wildman–Crippen MR) is 101 cm³/mol. The van der Waals surface area contributed by atoms with Crippen molar-refractivity contribution >= 4 is 23.9 Å². The summed E-state index contributed by atoms with van der Waals surface area (Å²) in [5.74, 6) is 0. The fourth-order valence-electron chi connectivity index (χ4n) is 3.71. The molecule has 132 valence electrons. The third kappa shape index (κ3) is 4.23. The van der Waals surface area contributed by atoms with Gasteiger partial charge in [-0.2, -0.15) is 0 Å².